The molecule has 0 spiro atoms. The number of hydrogen-bond donors (Lipinski definition) is 2. The SMILES string of the molecule is Cc1ccnc(NCC2(N(C)C)CCC2)c1N. The van der Waals surface area contributed by atoms with Crippen molar-refractivity contribution in [2.75, 3.05) is 31.7 Å². The predicted molar refractivity (Wildman–Crippen MR) is 72.1 cm³/mol. The highest BCUT2D eigenvalue weighted by atomic mass is 15.2. The molecule has 1 saturated carbocycles. The molecule has 0 aliphatic heterocycles. The number of likely N-dealkylation sites (N-methyl/N-ethyl adjacent to an activating group) is 1. The quantitative estimate of drug-likeness (QED) is 0.835. The average Bonchev–Trinajstić information content (AvgIpc) is 2.22. The summed E-state index contributed by atoms with van der Waals surface area (Å²) in [7, 11) is 4.29. The van der Waals surface area contributed by atoms with Gasteiger partial charge in [0.1, 0.15) is 5.82 Å². The zero-order valence-electron chi connectivity index (χ0n) is 11.0. The summed E-state index contributed by atoms with van der Waals surface area (Å²) in [4.78, 5) is 6.62. The number of anilines is 2. The first-order valence-electron chi connectivity index (χ1n) is 6.17. The Bertz CT molecular complexity index is 396. The maximum atomic E-state index is 6.01. The molecule has 0 aromatic carbocycles. The number of pyridine rings is 1. The molecule has 0 atom stereocenters. The Labute approximate surface area is 103 Å². The molecule has 4 nitrogen and oxygen atoms in total. The number of nitrogens with two attached hydrogens (primary N) is 1. The summed E-state index contributed by atoms with van der Waals surface area (Å²) in [6.07, 6.45) is 5.62. The van der Waals surface area contributed by atoms with Gasteiger partial charge in [-0.3, -0.25) is 0 Å². The van der Waals surface area contributed by atoms with Crippen LogP contribution in [-0.2, 0) is 0 Å². The minimum absolute atomic E-state index is 0.290. The highest BCUT2D eigenvalue weighted by Gasteiger charge is 2.38. The third kappa shape index (κ3) is 2.22. The van der Waals surface area contributed by atoms with Crippen molar-refractivity contribution in [2.24, 2.45) is 0 Å². The van der Waals surface area contributed by atoms with Crippen LogP contribution < -0.4 is 11.1 Å². The third-order valence-electron chi connectivity index (χ3n) is 4.03. The molecule has 3 N–H and O–H groups in total. The van der Waals surface area contributed by atoms with Crippen LogP contribution in [0.1, 0.15) is 24.8 Å². The Hall–Kier alpha value is -1.29. The van der Waals surface area contributed by atoms with Gasteiger partial charge in [0, 0.05) is 18.3 Å². The lowest BCUT2D eigenvalue weighted by molar-refractivity contribution is 0.0738. The molecule has 1 aliphatic rings. The Balaban J connectivity index is 2.04. The molecule has 2 rings (SSSR count). The number of nitrogens with one attached hydrogen (secondary N) is 1. The molecule has 0 saturated heterocycles. The van der Waals surface area contributed by atoms with E-state index in [-0.39, 0.29) is 5.54 Å². The lowest BCUT2D eigenvalue weighted by Gasteiger charge is -2.47. The van der Waals surface area contributed by atoms with Gasteiger partial charge < -0.3 is 16.0 Å². The van der Waals surface area contributed by atoms with Crippen LogP contribution in [-0.4, -0.2) is 36.1 Å². The van der Waals surface area contributed by atoms with Crippen molar-refractivity contribution in [3.63, 3.8) is 0 Å². The highest BCUT2D eigenvalue weighted by molar-refractivity contribution is 5.65. The van der Waals surface area contributed by atoms with Gasteiger partial charge in [0.15, 0.2) is 0 Å². The topological polar surface area (TPSA) is 54.2 Å². The number of aromatic nitrogens is 1. The van der Waals surface area contributed by atoms with Gasteiger partial charge in [0.25, 0.3) is 0 Å². The first-order chi connectivity index (χ1) is 8.05. The smallest absolute Gasteiger partial charge is 0.149 e. The molecule has 1 fully saturated rings. The van der Waals surface area contributed by atoms with Crippen molar-refractivity contribution in [3.8, 4) is 0 Å². The van der Waals surface area contributed by atoms with E-state index in [1.807, 2.05) is 13.0 Å². The van der Waals surface area contributed by atoms with E-state index >= 15 is 0 Å². The molecule has 0 unspecified atom stereocenters. The van der Waals surface area contributed by atoms with Crippen molar-refractivity contribution >= 4 is 11.5 Å². The average molecular weight is 234 g/mol. The number of nitrogen functional groups attached to an aromatic ring is 1. The Kier molecular flexibility index (Phi) is 3.24. The monoisotopic (exact) mass is 234 g/mol. The van der Waals surface area contributed by atoms with Crippen LogP contribution in [0.3, 0.4) is 0 Å². The van der Waals surface area contributed by atoms with Gasteiger partial charge in [0.2, 0.25) is 0 Å². The van der Waals surface area contributed by atoms with E-state index in [0.717, 1.165) is 23.6 Å². The summed E-state index contributed by atoms with van der Waals surface area (Å²) in [6, 6.07) is 1.94. The summed E-state index contributed by atoms with van der Waals surface area (Å²) in [5.74, 6) is 0.818. The molecule has 0 amide bonds. The first-order valence-corrected chi connectivity index (χ1v) is 6.17. The fourth-order valence-electron chi connectivity index (χ4n) is 2.33. The second-order valence-electron chi connectivity index (χ2n) is 5.22. The van der Waals surface area contributed by atoms with Crippen LogP contribution in [0.4, 0.5) is 11.5 Å². The minimum atomic E-state index is 0.290. The van der Waals surface area contributed by atoms with E-state index < -0.39 is 0 Å². The Morgan fingerprint density at radius 1 is 1.47 bits per heavy atom. The van der Waals surface area contributed by atoms with Crippen molar-refractivity contribution in [3.05, 3.63) is 17.8 Å². The summed E-state index contributed by atoms with van der Waals surface area (Å²) < 4.78 is 0. The number of aryl methyl sites for hydroxylation is 1. The molecule has 4 heteroatoms. The number of nitrogens with zero attached hydrogens (tertiary/aromatic N) is 2. The molecule has 1 aromatic heterocycles. The van der Waals surface area contributed by atoms with Crippen LogP contribution >= 0.6 is 0 Å². The summed E-state index contributed by atoms with van der Waals surface area (Å²) in [5, 5.41) is 3.40. The van der Waals surface area contributed by atoms with Crippen molar-refractivity contribution in [2.45, 2.75) is 31.7 Å². The molecule has 94 valence electrons. The maximum Gasteiger partial charge on any atom is 0.149 e. The molecule has 0 bridgehead atoms. The standard InChI is InChI=1S/C13H22N4/c1-10-5-8-15-12(11(10)14)16-9-13(17(2)3)6-4-7-13/h5,8H,4,6-7,9,14H2,1-3H3,(H,15,16). The van der Waals surface area contributed by atoms with Crippen LogP contribution in [0, 0.1) is 6.92 Å². The van der Waals surface area contributed by atoms with Gasteiger partial charge in [-0.1, -0.05) is 0 Å². The van der Waals surface area contributed by atoms with Gasteiger partial charge in [0.05, 0.1) is 5.69 Å². The van der Waals surface area contributed by atoms with Crippen molar-refractivity contribution in [1.82, 2.24) is 9.88 Å². The van der Waals surface area contributed by atoms with E-state index in [2.05, 4.69) is 29.3 Å². The fraction of sp³-hybridized carbons (Fsp3) is 0.615. The molecule has 1 aliphatic carbocycles. The van der Waals surface area contributed by atoms with Crippen LogP contribution in [0.5, 0.6) is 0 Å². The summed E-state index contributed by atoms with van der Waals surface area (Å²) >= 11 is 0. The normalized spacial score (nSPS) is 17.9. The van der Waals surface area contributed by atoms with Gasteiger partial charge in [-0.25, -0.2) is 4.98 Å². The number of hydrogen-bond acceptors (Lipinski definition) is 4. The second kappa shape index (κ2) is 4.53. The maximum absolute atomic E-state index is 6.01. The molecule has 0 radical (unpaired) electrons. The first kappa shape index (κ1) is 12.2. The minimum Gasteiger partial charge on any atom is -0.396 e. The molecule has 1 heterocycles. The van der Waals surface area contributed by atoms with Crippen molar-refractivity contribution < 1.29 is 0 Å². The molecule has 1 aromatic rings. The lowest BCUT2D eigenvalue weighted by atomic mass is 9.75. The van der Waals surface area contributed by atoms with Gasteiger partial charge in [-0.05, 0) is 51.9 Å². The van der Waals surface area contributed by atoms with Gasteiger partial charge in [-0.2, -0.15) is 0 Å². The predicted octanol–water partition coefficient (Wildman–Crippen LogP) is 1.87. The zero-order valence-corrected chi connectivity index (χ0v) is 11.0. The van der Waals surface area contributed by atoms with E-state index in [1.165, 1.54) is 19.3 Å². The molecule has 17 heavy (non-hydrogen) atoms. The van der Waals surface area contributed by atoms with Crippen LogP contribution in [0.15, 0.2) is 12.3 Å². The van der Waals surface area contributed by atoms with Crippen LogP contribution in [0.2, 0.25) is 0 Å². The number of rotatable bonds is 4. The van der Waals surface area contributed by atoms with E-state index in [0.29, 0.717) is 0 Å². The van der Waals surface area contributed by atoms with Gasteiger partial charge >= 0.3 is 0 Å². The van der Waals surface area contributed by atoms with E-state index in [9.17, 15) is 0 Å². The van der Waals surface area contributed by atoms with Crippen LogP contribution in [0.25, 0.3) is 0 Å². The summed E-state index contributed by atoms with van der Waals surface area (Å²) in [6.45, 7) is 2.92. The zero-order chi connectivity index (χ0) is 12.5. The molecular formula is C13H22N4. The van der Waals surface area contributed by atoms with E-state index in [4.69, 9.17) is 5.73 Å². The molecular weight excluding hydrogens is 212 g/mol. The van der Waals surface area contributed by atoms with Gasteiger partial charge in [-0.15, -0.1) is 0 Å². The third-order valence-corrected chi connectivity index (χ3v) is 4.03. The fourth-order valence-corrected chi connectivity index (χ4v) is 2.33. The second-order valence-corrected chi connectivity index (χ2v) is 5.22. The Morgan fingerprint density at radius 2 is 2.18 bits per heavy atom. The lowest BCUT2D eigenvalue weighted by Crippen LogP contribution is -2.54. The largest absolute Gasteiger partial charge is 0.396 e. The van der Waals surface area contributed by atoms with E-state index in [1.54, 1.807) is 6.20 Å². The highest BCUT2D eigenvalue weighted by Crippen LogP contribution is 2.36. The van der Waals surface area contributed by atoms with Crippen molar-refractivity contribution in [1.29, 1.82) is 0 Å². The Morgan fingerprint density at radius 3 is 2.71 bits per heavy atom. The summed E-state index contributed by atoms with van der Waals surface area (Å²) in [5.41, 5.74) is 8.14.